The number of pyridine rings is 1. The molecule has 100 valence electrons. The van der Waals surface area contributed by atoms with E-state index in [1.165, 1.54) is 6.42 Å². The van der Waals surface area contributed by atoms with Gasteiger partial charge in [0.05, 0.1) is 0 Å². The van der Waals surface area contributed by atoms with Crippen LogP contribution in [0.15, 0.2) is 23.3 Å². The van der Waals surface area contributed by atoms with Crippen molar-refractivity contribution in [1.29, 1.82) is 0 Å². The molecule has 0 unspecified atom stereocenters. The van der Waals surface area contributed by atoms with Crippen molar-refractivity contribution >= 4 is 5.82 Å². The van der Waals surface area contributed by atoms with E-state index in [0.717, 1.165) is 37.4 Å². The Kier molecular flexibility index (Phi) is 3.53. The zero-order valence-electron chi connectivity index (χ0n) is 10.9. The van der Waals surface area contributed by atoms with E-state index in [1.807, 2.05) is 6.07 Å². The Hall–Kier alpha value is -1.78. The lowest BCUT2D eigenvalue weighted by molar-refractivity contribution is 0.575. The molecule has 3 heterocycles. The maximum absolute atomic E-state index is 8.24. The third kappa shape index (κ3) is 2.64. The zero-order chi connectivity index (χ0) is 13.1. The minimum Gasteiger partial charge on any atom is -0.351 e. The summed E-state index contributed by atoms with van der Waals surface area (Å²) in [6.07, 6.45) is 2.96. The summed E-state index contributed by atoms with van der Waals surface area (Å²) in [5.74, 6) is 1.09. The zero-order valence-corrected chi connectivity index (χ0v) is 10.9. The van der Waals surface area contributed by atoms with Crippen LogP contribution in [-0.2, 0) is 6.42 Å². The SMILES string of the molecule is [N-]=[N+]=NCCCc1cccc(N2C[C@H]3C[C@@H]2CN3)n1. The van der Waals surface area contributed by atoms with Gasteiger partial charge in [0.15, 0.2) is 0 Å². The van der Waals surface area contributed by atoms with Crippen LogP contribution in [0.2, 0.25) is 0 Å². The largest absolute Gasteiger partial charge is 0.351 e. The van der Waals surface area contributed by atoms with Crippen LogP contribution in [0.1, 0.15) is 18.5 Å². The van der Waals surface area contributed by atoms with Crippen LogP contribution in [0.3, 0.4) is 0 Å². The van der Waals surface area contributed by atoms with E-state index >= 15 is 0 Å². The predicted molar refractivity (Wildman–Crippen MR) is 74.1 cm³/mol. The summed E-state index contributed by atoms with van der Waals surface area (Å²) in [5, 5.41) is 7.05. The van der Waals surface area contributed by atoms with Gasteiger partial charge in [-0.05, 0) is 36.9 Å². The van der Waals surface area contributed by atoms with Gasteiger partial charge in [0.25, 0.3) is 0 Å². The molecular formula is C13H18N6. The minimum absolute atomic E-state index is 0.542. The third-order valence-corrected chi connectivity index (χ3v) is 3.90. The Morgan fingerprint density at radius 3 is 3.21 bits per heavy atom. The molecule has 2 aliphatic rings. The first-order valence-corrected chi connectivity index (χ1v) is 6.83. The number of azide groups is 1. The molecule has 2 atom stereocenters. The molecule has 1 aromatic heterocycles. The molecule has 0 radical (unpaired) electrons. The van der Waals surface area contributed by atoms with Crippen molar-refractivity contribution in [3.8, 4) is 0 Å². The van der Waals surface area contributed by atoms with Crippen molar-refractivity contribution in [1.82, 2.24) is 10.3 Å². The highest BCUT2D eigenvalue weighted by Crippen LogP contribution is 2.28. The average Bonchev–Trinajstić information content (AvgIpc) is 3.07. The van der Waals surface area contributed by atoms with Gasteiger partial charge >= 0.3 is 0 Å². The monoisotopic (exact) mass is 258 g/mol. The molecule has 1 N–H and O–H groups in total. The number of hydrogen-bond acceptors (Lipinski definition) is 4. The molecule has 1 aromatic rings. The molecule has 0 aromatic carbocycles. The first-order valence-electron chi connectivity index (χ1n) is 6.83. The number of anilines is 1. The fourth-order valence-corrected chi connectivity index (χ4v) is 2.98. The lowest BCUT2D eigenvalue weighted by Crippen LogP contribution is -2.44. The smallest absolute Gasteiger partial charge is 0.129 e. The van der Waals surface area contributed by atoms with E-state index in [-0.39, 0.29) is 0 Å². The van der Waals surface area contributed by atoms with Crippen LogP contribution in [0.4, 0.5) is 5.82 Å². The lowest BCUT2D eigenvalue weighted by atomic mass is 10.2. The predicted octanol–water partition coefficient (Wildman–Crippen LogP) is 1.87. The van der Waals surface area contributed by atoms with Crippen molar-refractivity contribution in [2.24, 2.45) is 5.11 Å². The van der Waals surface area contributed by atoms with Gasteiger partial charge in [-0.15, -0.1) is 0 Å². The highest BCUT2D eigenvalue weighted by molar-refractivity contribution is 5.44. The van der Waals surface area contributed by atoms with Crippen LogP contribution in [0.25, 0.3) is 10.4 Å². The maximum atomic E-state index is 8.24. The second-order valence-corrected chi connectivity index (χ2v) is 5.19. The highest BCUT2D eigenvalue weighted by atomic mass is 15.3. The summed E-state index contributed by atoms with van der Waals surface area (Å²) in [5.41, 5.74) is 9.33. The first kappa shape index (κ1) is 12.3. The third-order valence-electron chi connectivity index (χ3n) is 3.90. The Morgan fingerprint density at radius 2 is 2.47 bits per heavy atom. The van der Waals surface area contributed by atoms with Gasteiger partial charge in [0.1, 0.15) is 5.82 Å². The van der Waals surface area contributed by atoms with Crippen LogP contribution in [0, 0.1) is 0 Å². The molecule has 2 saturated heterocycles. The summed E-state index contributed by atoms with van der Waals surface area (Å²) < 4.78 is 0. The molecule has 0 amide bonds. The van der Waals surface area contributed by atoms with E-state index in [4.69, 9.17) is 10.5 Å². The average molecular weight is 258 g/mol. The molecule has 2 aliphatic heterocycles. The summed E-state index contributed by atoms with van der Waals surface area (Å²) >= 11 is 0. The summed E-state index contributed by atoms with van der Waals surface area (Å²) in [4.78, 5) is 9.91. The number of fused-ring (bicyclic) bond motifs is 2. The van der Waals surface area contributed by atoms with Gasteiger partial charge in [-0.1, -0.05) is 11.2 Å². The molecule has 19 heavy (non-hydrogen) atoms. The standard InChI is InChI=1S/C13H18N6/c14-18-16-6-2-4-10-3-1-5-13(17-10)19-9-11-7-12(19)8-15-11/h1,3,5,11-12,15H,2,4,6-9H2/t11-,12-/m1/s1. The number of aromatic nitrogens is 1. The molecule has 3 rings (SSSR count). The molecule has 0 saturated carbocycles. The number of piperazine rings is 1. The fraction of sp³-hybridized carbons (Fsp3) is 0.615. The normalized spacial score (nSPS) is 24.5. The fourth-order valence-electron chi connectivity index (χ4n) is 2.98. The number of hydrogen-bond donors (Lipinski definition) is 1. The van der Waals surface area contributed by atoms with Gasteiger partial charge in [0.2, 0.25) is 0 Å². The van der Waals surface area contributed by atoms with Crippen molar-refractivity contribution < 1.29 is 0 Å². The van der Waals surface area contributed by atoms with Crippen molar-refractivity contribution in [3.05, 3.63) is 34.3 Å². The molecule has 2 bridgehead atoms. The van der Waals surface area contributed by atoms with Gasteiger partial charge in [0, 0.05) is 42.3 Å². The number of rotatable bonds is 5. The molecule has 2 fully saturated rings. The Morgan fingerprint density at radius 1 is 1.53 bits per heavy atom. The Labute approximate surface area is 112 Å². The number of nitrogens with one attached hydrogen (secondary N) is 1. The van der Waals surface area contributed by atoms with Gasteiger partial charge in [-0.2, -0.15) is 0 Å². The van der Waals surface area contributed by atoms with E-state index in [9.17, 15) is 0 Å². The highest BCUT2D eigenvalue weighted by Gasteiger charge is 2.38. The van der Waals surface area contributed by atoms with Crippen LogP contribution < -0.4 is 10.2 Å². The maximum Gasteiger partial charge on any atom is 0.129 e. The molecular weight excluding hydrogens is 240 g/mol. The van der Waals surface area contributed by atoms with E-state index in [2.05, 4.69) is 32.4 Å². The molecule has 6 nitrogen and oxygen atoms in total. The quantitative estimate of drug-likeness (QED) is 0.379. The van der Waals surface area contributed by atoms with Crippen LogP contribution in [-0.4, -0.2) is 36.7 Å². The number of nitrogens with zero attached hydrogens (tertiary/aromatic N) is 5. The van der Waals surface area contributed by atoms with Gasteiger partial charge < -0.3 is 10.2 Å². The Bertz CT molecular complexity index is 496. The van der Waals surface area contributed by atoms with Crippen molar-refractivity contribution in [3.63, 3.8) is 0 Å². The van der Waals surface area contributed by atoms with Crippen LogP contribution >= 0.6 is 0 Å². The molecule has 6 heteroatoms. The first-order chi connectivity index (χ1) is 9.36. The topological polar surface area (TPSA) is 76.9 Å². The second-order valence-electron chi connectivity index (χ2n) is 5.19. The van der Waals surface area contributed by atoms with Crippen LogP contribution in [0.5, 0.6) is 0 Å². The second kappa shape index (κ2) is 5.47. The summed E-state index contributed by atoms with van der Waals surface area (Å²) in [6, 6.07) is 7.46. The van der Waals surface area contributed by atoms with Crippen molar-refractivity contribution in [2.45, 2.75) is 31.3 Å². The van der Waals surface area contributed by atoms with E-state index < -0.39 is 0 Å². The molecule has 0 aliphatic carbocycles. The minimum atomic E-state index is 0.542. The molecule has 0 spiro atoms. The number of aryl methyl sites for hydroxylation is 1. The van der Waals surface area contributed by atoms with Gasteiger partial charge in [-0.25, -0.2) is 4.98 Å². The Balaban J connectivity index is 1.64. The van der Waals surface area contributed by atoms with Crippen molar-refractivity contribution in [2.75, 3.05) is 24.5 Å². The van der Waals surface area contributed by atoms with Gasteiger partial charge in [-0.3, -0.25) is 0 Å². The summed E-state index contributed by atoms with van der Waals surface area (Å²) in [6.45, 7) is 2.69. The van der Waals surface area contributed by atoms with E-state index in [0.29, 0.717) is 18.6 Å². The van der Waals surface area contributed by atoms with E-state index in [1.54, 1.807) is 0 Å². The lowest BCUT2D eigenvalue weighted by Gasteiger charge is -2.28. The summed E-state index contributed by atoms with van der Waals surface area (Å²) in [7, 11) is 0.